The Morgan fingerprint density at radius 2 is 1.94 bits per heavy atom. The zero-order valence-electron chi connectivity index (χ0n) is 9.27. The molecular formula is C12H14O4. The first-order valence-corrected chi connectivity index (χ1v) is 4.78. The summed E-state index contributed by atoms with van der Waals surface area (Å²) in [5, 5.41) is 9.16. The number of aliphatic hydroxyl groups excluding tert-OH is 1. The summed E-state index contributed by atoms with van der Waals surface area (Å²) in [6.07, 6.45) is -0.929. The molecule has 0 amide bonds. The van der Waals surface area contributed by atoms with Crippen molar-refractivity contribution < 1.29 is 19.4 Å². The summed E-state index contributed by atoms with van der Waals surface area (Å²) in [5.41, 5.74) is 0.00547. The van der Waals surface area contributed by atoms with Crippen molar-refractivity contribution in [2.75, 3.05) is 7.11 Å². The molecule has 4 nitrogen and oxygen atoms in total. The van der Waals surface area contributed by atoms with E-state index in [0.29, 0.717) is 11.5 Å². The molecule has 0 aliphatic rings. The van der Waals surface area contributed by atoms with E-state index in [-0.39, 0.29) is 5.57 Å². The Balaban J connectivity index is 2.81. The van der Waals surface area contributed by atoms with Crippen LogP contribution < -0.4 is 9.47 Å². The lowest BCUT2D eigenvalue weighted by Gasteiger charge is -2.11. The highest BCUT2D eigenvalue weighted by molar-refractivity contribution is 5.90. The zero-order chi connectivity index (χ0) is 12.1. The van der Waals surface area contributed by atoms with E-state index in [9.17, 15) is 4.79 Å². The van der Waals surface area contributed by atoms with E-state index in [1.54, 1.807) is 24.3 Å². The van der Waals surface area contributed by atoms with Crippen molar-refractivity contribution in [3.63, 3.8) is 0 Å². The Hall–Kier alpha value is -1.81. The van der Waals surface area contributed by atoms with E-state index in [2.05, 4.69) is 6.58 Å². The summed E-state index contributed by atoms with van der Waals surface area (Å²) in [6, 6.07) is 6.76. The lowest BCUT2D eigenvalue weighted by molar-refractivity contribution is -0.131. The maximum Gasteiger partial charge on any atom is 0.341 e. The second-order valence-corrected chi connectivity index (χ2v) is 3.24. The maximum atomic E-state index is 11.5. The van der Waals surface area contributed by atoms with Gasteiger partial charge in [0.2, 0.25) is 0 Å². The Kier molecular flexibility index (Phi) is 4.08. The smallest absolute Gasteiger partial charge is 0.341 e. The van der Waals surface area contributed by atoms with Crippen LogP contribution in [-0.4, -0.2) is 24.3 Å². The number of benzene rings is 1. The standard InChI is InChI=1S/C12H14O4/c1-8(9(2)13)12(14)16-11-7-5-4-6-10(11)15-3/h4-7,9,13H,1H2,2-3H3. The van der Waals surface area contributed by atoms with Crippen LogP contribution in [0.25, 0.3) is 0 Å². The summed E-state index contributed by atoms with van der Waals surface area (Å²) in [6.45, 7) is 4.89. The molecule has 0 spiro atoms. The average molecular weight is 222 g/mol. The van der Waals surface area contributed by atoms with E-state index < -0.39 is 12.1 Å². The fourth-order valence-electron chi connectivity index (χ4n) is 1.04. The Morgan fingerprint density at radius 3 is 2.44 bits per heavy atom. The minimum atomic E-state index is -0.929. The summed E-state index contributed by atoms with van der Waals surface area (Å²) >= 11 is 0. The summed E-state index contributed by atoms with van der Waals surface area (Å²) in [7, 11) is 1.48. The molecule has 4 heteroatoms. The van der Waals surface area contributed by atoms with Gasteiger partial charge >= 0.3 is 5.97 Å². The first kappa shape index (κ1) is 12.3. The largest absolute Gasteiger partial charge is 0.493 e. The van der Waals surface area contributed by atoms with Gasteiger partial charge in [-0.25, -0.2) is 4.79 Å². The van der Waals surface area contributed by atoms with Gasteiger partial charge in [0.25, 0.3) is 0 Å². The monoisotopic (exact) mass is 222 g/mol. The molecule has 0 bridgehead atoms. The van der Waals surface area contributed by atoms with Crippen molar-refractivity contribution in [2.45, 2.75) is 13.0 Å². The molecular weight excluding hydrogens is 208 g/mol. The van der Waals surface area contributed by atoms with E-state index in [1.807, 2.05) is 0 Å². The maximum absolute atomic E-state index is 11.5. The SMILES string of the molecule is C=C(C(=O)Oc1ccccc1OC)C(C)O. The van der Waals surface area contributed by atoms with Gasteiger partial charge in [0.15, 0.2) is 11.5 Å². The number of hydrogen-bond donors (Lipinski definition) is 1. The van der Waals surface area contributed by atoms with Crippen LogP contribution in [-0.2, 0) is 4.79 Å². The third-order valence-corrected chi connectivity index (χ3v) is 2.04. The molecule has 0 saturated heterocycles. The second-order valence-electron chi connectivity index (χ2n) is 3.24. The molecule has 1 aromatic carbocycles. The van der Waals surface area contributed by atoms with Crippen molar-refractivity contribution in [1.29, 1.82) is 0 Å². The fourth-order valence-corrected chi connectivity index (χ4v) is 1.04. The van der Waals surface area contributed by atoms with Gasteiger partial charge in [-0.2, -0.15) is 0 Å². The van der Waals surface area contributed by atoms with Crippen molar-refractivity contribution in [3.05, 3.63) is 36.4 Å². The molecule has 0 aliphatic carbocycles. The van der Waals surface area contributed by atoms with Crippen molar-refractivity contribution >= 4 is 5.97 Å². The molecule has 86 valence electrons. The molecule has 0 fully saturated rings. The van der Waals surface area contributed by atoms with Gasteiger partial charge in [0.1, 0.15) is 0 Å². The lowest BCUT2D eigenvalue weighted by atomic mass is 10.2. The van der Waals surface area contributed by atoms with E-state index >= 15 is 0 Å². The summed E-state index contributed by atoms with van der Waals surface area (Å²) in [5.74, 6) is 0.0885. The number of ether oxygens (including phenoxy) is 2. The predicted molar refractivity (Wildman–Crippen MR) is 59.4 cm³/mol. The fraction of sp³-hybridized carbons (Fsp3) is 0.250. The minimum absolute atomic E-state index is 0.00547. The van der Waals surface area contributed by atoms with Crippen molar-refractivity contribution in [1.82, 2.24) is 0 Å². The molecule has 1 N–H and O–H groups in total. The van der Waals surface area contributed by atoms with Crippen LogP contribution in [0.1, 0.15) is 6.92 Å². The van der Waals surface area contributed by atoms with Crippen molar-refractivity contribution in [2.24, 2.45) is 0 Å². The topological polar surface area (TPSA) is 55.8 Å². The quantitative estimate of drug-likeness (QED) is 0.477. The van der Waals surface area contributed by atoms with Gasteiger partial charge in [-0.3, -0.25) is 0 Å². The number of rotatable bonds is 4. The van der Waals surface area contributed by atoms with Crippen LogP contribution in [0.5, 0.6) is 11.5 Å². The highest BCUT2D eigenvalue weighted by atomic mass is 16.6. The zero-order valence-corrected chi connectivity index (χ0v) is 9.27. The molecule has 0 heterocycles. The lowest BCUT2D eigenvalue weighted by Crippen LogP contribution is -2.19. The van der Waals surface area contributed by atoms with Crippen LogP contribution in [0.2, 0.25) is 0 Å². The van der Waals surface area contributed by atoms with E-state index in [0.717, 1.165) is 0 Å². The molecule has 1 rings (SSSR count). The Morgan fingerprint density at radius 1 is 1.38 bits per heavy atom. The van der Waals surface area contributed by atoms with Gasteiger partial charge in [-0.1, -0.05) is 18.7 Å². The molecule has 0 aromatic heterocycles. The number of methoxy groups -OCH3 is 1. The highest BCUT2D eigenvalue weighted by Crippen LogP contribution is 2.26. The van der Waals surface area contributed by atoms with Gasteiger partial charge in [0.05, 0.1) is 18.8 Å². The molecule has 1 atom stereocenters. The van der Waals surface area contributed by atoms with Crippen LogP contribution in [0.3, 0.4) is 0 Å². The number of carbonyl (C=O) groups excluding carboxylic acids is 1. The van der Waals surface area contributed by atoms with E-state index in [4.69, 9.17) is 14.6 Å². The third-order valence-electron chi connectivity index (χ3n) is 2.04. The number of hydrogen-bond acceptors (Lipinski definition) is 4. The van der Waals surface area contributed by atoms with Crippen LogP contribution in [0.4, 0.5) is 0 Å². The molecule has 0 aliphatic heterocycles. The van der Waals surface area contributed by atoms with Crippen molar-refractivity contribution in [3.8, 4) is 11.5 Å². The van der Waals surface area contributed by atoms with Gasteiger partial charge in [0, 0.05) is 0 Å². The third kappa shape index (κ3) is 2.84. The van der Waals surface area contributed by atoms with Gasteiger partial charge in [-0.15, -0.1) is 0 Å². The highest BCUT2D eigenvalue weighted by Gasteiger charge is 2.16. The van der Waals surface area contributed by atoms with Crippen LogP contribution in [0.15, 0.2) is 36.4 Å². The number of esters is 1. The normalized spacial score (nSPS) is 11.7. The average Bonchev–Trinajstić information content (AvgIpc) is 2.28. The minimum Gasteiger partial charge on any atom is -0.493 e. The Labute approximate surface area is 94.1 Å². The molecule has 1 unspecified atom stereocenters. The van der Waals surface area contributed by atoms with Gasteiger partial charge in [-0.05, 0) is 19.1 Å². The van der Waals surface area contributed by atoms with Crippen LogP contribution in [0, 0.1) is 0 Å². The Bertz CT molecular complexity index is 396. The molecule has 0 radical (unpaired) electrons. The summed E-state index contributed by atoms with van der Waals surface area (Å²) < 4.78 is 10.1. The number of carbonyl (C=O) groups is 1. The first-order valence-electron chi connectivity index (χ1n) is 4.78. The molecule has 0 saturated carbocycles. The molecule has 1 aromatic rings. The molecule has 16 heavy (non-hydrogen) atoms. The number of para-hydroxylation sites is 2. The first-order chi connectivity index (χ1) is 7.56. The predicted octanol–water partition coefficient (Wildman–Crippen LogP) is 1.54. The van der Waals surface area contributed by atoms with E-state index in [1.165, 1.54) is 14.0 Å². The second kappa shape index (κ2) is 5.32. The number of aliphatic hydroxyl groups is 1. The van der Waals surface area contributed by atoms with Gasteiger partial charge < -0.3 is 14.6 Å². The van der Waals surface area contributed by atoms with Crippen LogP contribution >= 0.6 is 0 Å². The summed E-state index contributed by atoms with van der Waals surface area (Å²) in [4.78, 5) is 11.5.